The van der Waals surface area contributed by atoms with Crippen LogP contribution in [0.5, 0.6) is 17.6 Å². The van der Waals surface area contributed by atoms with Crippen molar-refractivity contribution in [3.63, 3.8) is 0 Å². The van der Waals surface area contributed by atoms with Gasteiger partial charge in [0.15, 0.2) is 0 Å². The predicted molar refractivity (Wildman–Crippen MR) is 75.4 cm³/mol. The molecular weight excluding hydrogens is 278 g/mol. The average Bonchev–Trinajstić information content (AvgIpc) is 2.49. The van der Waals surface area contributed by atoms with Crippen LogP contribution in [0.2, 0.25) is 5.02 Å². The Kier molecular flexibility index (Phi) is 3.35. The molecule has 1 aromatic carbocycles. The van der Waals surface area contributed by atoms with Gasteiger partial charge in [0.25, 0.3) is 0 Å². The molecule has 0 atom stereocenters. The van der Waals surface area contributed by atoms with Gasteiger partial charge in [-0.1, -0.05) is 17.7 Å². The number of methoxy groups -OCH3 is 1. The van der Waals surface area contributed by atoms with Crippen molar-refractivity contribution in [3.05, 3.63) is 47.7 Å². The van der Waals surface area contributed by atoms with Gasteiger partial charge in [-0.05, 0) is 18.2 Å². The van der Waals surface area contributed by atoms with Gasteiger partial charge in [0.1, 0.15) is 5.75 Å². The minimum atomic E-state index is 0.234. The van der Waals surface area contributed by atoms with Crippen LogP contribution in [0.15, 0.2) is 42.7 Å². The molecule has 0 unspecified atom stereocenters. The molecule has 0 aliphatic rings. The van der Waals surface area contributed by atoms with Gasteiger partial charge in [-0.15, -0.1) is 0 Å². The maximum atomic E-state index is 5.74. The van der Waals surface area contributed by atoms with E-state index in [1.807, 2.05) is 24.3 Å². The Balaban J connectivity index is 2.01. The second kappa shape index (κ2) is 5.30. The number of nitrogens with zero attached hydrogens (tertiary/aromatic N) is 3. The highest BCUT2D eigenvalue weighted by molar-refractivity contribution is 6.30. The summed E-state index contributed by atoms with van der Waals surface area (Å²) in [7, 11) is 1.58. The van der Waals surface area contributed by atoms with E-state index in [4.69, 9.17) is 21.1 Å². The zero-order valence-electron chi connectivity index (χ0n) is 10.6. The average molecular weight is 288 g/mol. The summed E-state index contributed by atoms with van der Waals surface area (Å²) in [5, 5.41) is 1.31. The number of rotatable bonds is 3. The lowest BCUT2D eigenvalue weighted by atomic mass is 10.2. The monoisotopic (exact) mass is 287 g/mol. The van der Waals surface area contributed by atoms with Gasteiger partial charge in [-0.25, -0.2) is 15.0 Å². The summed E-state index contributed by atoms with van der Waals surface area (Å²) in [4.78, 5) is 12.4. The highest BCUT2D eigenvalue weighted by atomic mass is 35.5. The highest BCUT2D eigenvalue weighted by Crippen LogP contribution is 2.28. The molecule has 2 aromatic heterocycles. The van der Waals surface area contributed by atoms with Crippen molar-refractivity contribution >= 4 is 22.5 Å². The second-order valence-corrected chi connectivity index (χ2v) is 4.40. The lowest BCUT2D eigenvalue weighted by Gasteiger charge is -2.07. The molecule has 0 N–H and O–H groups in total. The first-order valence-electron chi connectivity index (χ1n) is 5.85. The molecule has 0 bridgehead atoms. The zero-order valence-corrected chi connectivity index (χ0v) is 11.3. The lowest BCUT2D eigenvalue weighted by Crippen LogP contribution is -1.93. The van der Waals surface area contributed by atoms with Crippen LogP contribution in [0.3, 0.4) is 0 Å². The molecule has 0 saturated carbocycles. The number of ether oxygens (including phenoxy) is 2. The summed E-state index contributed by atoms with van der Waals surface area (Å²) in [6, 6.07) is 9.45. The maximum Gasteiger partial charge on any atom is 0.321 e. The minimum Gasteiger partial charge on any atom is -0.481 e. The predicted octanol–water partition coefficient (Wildman–Crippen LogP) is 3.48. The number of pyridine rings is 1. The third kappa shape index (κ3) is 2.48. The van der Waals surface area contributed by atoms with Crippen LogP contribution in [0.1, 0.15) is 0 Å². The van der Waals surface area contributed by atoms with E-state index in [-0.39, 0.29) is 6.01 Å². The summed E-state index contributed by atoms with van der Waals surface area (Å²) in [6.45, 7) is 0. The molecule has 3 aromatic rings. The van der Waals surface area contributed by atoms with Crippen LogP contribution in [-0.2, 0) is 0 Å². The van der Waals surface area contributed by atoms with Crippen LogP contribution in [0.4, 0.5) is 0 Å². The van der Waals surface area contributed by atoms with Crippen LogP contribution >= 0.6 is 11.6 Å². The molecule has 0 spiro atoms. The number of hydrogen-bond acceptors (Lipinski definition) is 5. The summed E-state index contributed by atoms with van der Waals surface area (Å²) in [5.41, 5.74) is 0.774. The van der Waals surface area contributed by atoms with E-state index in [1.54, 1.807) is 13.2 Å². The first-order valence-corrected chi connectivity index (χ1v) is 6.23. The van der Waals surface area contributed by atoms with Crippen molar-refractivity contribution in [3.8, 4) is 17.6 Å². The second-order valence-electron chi connectivity index (χ2n) is 3.96. The molecule has 2 heterocycles. The first-order chi connectivity index (χ1) is 9.76. The van der Waals surface area contributed by atoms with Crippen molar-refractivity contribution < 1.29 is 9.47 Å². The van der Waals surface area contributed by atoms with Crippen LogP contribution in [0, 0.1) is 0 Å². The Hall–Kier alpha value is -2.40. The van der Waals surface area contributed by atoms with Gasteiger partial charge in [0, 0.05) is 11.5 Å². The van der Waals surface area contributed by atoms with E-state index in [1.165, 1.54) is 12.4 Å². The summed E-state index contributed by atoms with van der Waals surface area (Å²) >= 11 is 5.74. The quantitative estimate of drug-likeness (QED) is 0.738. The fraction of sp³-hybridized carbons (Fsp3) is 0.0714. The van der Waals surface area contributed by atoms with Gasteiger partial charge in [-0.2, -0.15) is 0 Å². The molecule has 3 rings (SSSR count). The largest absolute Gasteiger partial charge is 0.481 e. The van der Waals surface area contributed by atoms with Crippen molar-refractivity contribution in [1.82, 2.24) is 15.0 Å². The lowest BCUT2D eigenvalue weighted by molar-refractivity contribution is 0.399. The van der Waals surface area contributed by atoms with Crippen LogP contribution in [0.25, 0.3) is 10.9 Å². The van der Waals surface area contributed by atoms with Gasteiger partial charge >= 0.3 is 6.01 Å². The van der Waals surface area contributed by atoms with E-state index in [9.17, 15) is 0 Å². The molecule has 5 nitrogen and oxygen atoms in total. The molecular formula is C14H10ClN3O2. The summed E-state index contributed by atoms with van der Waals surface area (Å²) in [6.07, 6.45) is 2.96. The van der Waals surface area contributed by atoms with Crippen molar-refractivity contribution in [2.45, 2.75) is 0 Å². The molecule has 20 heavy (non-hydrogen) atoms. The van der Waals surface area contributed by atoms with Gasteiger partial charge in [-0.3, -0.25) is 0 Å². The number of benzene rings is 1. The SMILES string of the molecule is COc1ccc2c(Oc3ncc(Cl)cn3)cccc2n1. The Morgan fingerprint density at radius 1 is 1.05 bits per heavy atom. The highest BCUT2D eigenvalue weighted by Gasteiger charge is 2.07. The third-order valence-corrected chi connectivity index (χ3v) is 2.87. The third-order valence-electron chi connectivity index (χ3n) is 2.67. The zero-order chi connectivity index (χ0) is 13.9. The standard InChI is InChI=1S/C14H10ClN3O2/c1-19-13-6-5-10-11(18-13)3-2-4-12(10)20-14-16-7-9(15)8-17-14/h2-8H,1H3. The van der Waals surface area contributed by atoms with E-state index >= 15 is 0 Å². The molecule has 0 aliphatic heterocycles. The number of fused-ring (bicyclic) bond motifs is 1. The van der Waals surface area contributed by atoms with Gasteiger partial charge < -0.3 is 9.47 Å². The molecule has 0 saturated heterocycles. The fourth-order valence-electron chi connectivity index (χ4n) is 1.76. The van der Waals surface area contributed by atoms with Gasteiger partial charge in [0.2, 0.25) is 5.88 Å². The molecule has 100 valence electrons. The van der Waals surface area contributed by atoms with Crippen molar-refractivity contribution in [2.24, 2.45) is 0 Å². The first kappa shape index (κ1) is 12.6. The summed E-state index contributed by atoms with van der Waals surface area (Å²) < 4.78 is 10.8. The number of aromatic nitrogens is 3. The van der Waals surface area contributed by atoms with Crippen molar-refractivity contribution in [2.75, 3.05) is 7.11 Å². The molecule has 0 aliphatic carbocycles. The van der Waals surface area contributed by atoms with E-state index in [2.05, 4.69) is 15.0 Å². The Morgan fingerprint density at radius 2 is 1.85 bits per heavy atom. The normalized spacial score (nSPS) is 10.5. The van der Waals surface area contributed by atoms with E-state index in [0.717, 1.165) is 10.9 Å². The Morgan fingerprint density at radius 3 is 2.60 bits per heavy atom. The smallest absolute Gasteiger partial charge is 0.321 e. The fourth-order valence-corrected chi connectivity index (χ4v) is 1.86. The van der Waals surface area contributed by atoms with Crippen LogP contribution in [-0.4, -0.2) is 22.1 Å². The molecule has 0 amide bonds. The molecule has 0 fully saturated rings. The van der Waals surface area contributed by atoms with E-state index in [0.29, 0.717) is 16.7 Å². The number of halogens is 1. The maximum absolute atomic E-state index is 5.74. The van der Waals surface area contributed by atoms with Gasteiger partial charge in [0.05, 0.1) is 30.0 Å². The van der Waals surface area contributed by atoms with Crippen molar-refractivity contribution in [1.29, 1.82) is 0 Å². The summed E-state index contributed by atoms with van der Waals surface area (Å²) in [5.74, 6) is 1.18. The topological polar surface area (TPSA) is 57.1 Å². The number of hydrogen-bond donors (Lipinski definition) is 0. The molecule has 6 heteroatoms. The minimum absolute atomic E-state index is 0.234. The van der Waals surface area contributed by atoms with Crippen LogP contribution < -0.4 is 9.47 Å². The van der Waals surface area contributed by atoms with E-state index < -0.39 is 0 Å². The Bertz CT molecular complexity index is 747. The Labute approximate surface area is 120 Å². The molecule has 0 radical (unpaired) electrons.